The highest BCUT2D eigenvalue weighted by atomic mass is 79.9. The number of hydrogen-bond acceptors (Lipinski definition) is 7. The number of rotatable bonds is 10. The van der Waals surface area contributed by atoms with Crippen molar-refractivity contribution in [3.63, 3.8) is 0 Å². The van der Waals surface area contributed by atoms with Crippen LogP contribution in [0.3, 0.4) is 0 Å². The van der Waals surface area contributed by atoms with Crippen molar-refractivity contribution in [2.24, 2.45) is 0 Å². The lowest BCUT2D eigenvalue weighted by atomic mass is 10.1. The summed E-state index contributed by atoms with van der Waals surface area (Å²) >= 11 is 3.41. The van der Waals surface area contributed by atoms with Gasteiger partial charge in [0, 0.05) is 48.9 Å². The second kappa shape index (κ2) is 13.7. The Hall–Kier alpha value is -2.57. The first-order valence-corrected chi connectivity index (χ1v) is 14.2. The number of nitrogens with zero attached hydrogens (tertiary/aromatic N) is 4. The molecule has 1 aromatic heterocycles. The van der Waals surface area contributed by atoms with Crippen LogP contribution in [0.25, 0.3) is 11.0 Å². The zero-order valence-corrected chi connectivity index (χ0v) is 24.4. The van der Waals surface area contributed by atoms with Crippen LogP contribution in [0.15, 0.2) is 35.1 Å². The van der Waals surface area contributed by atoms with Crippen LogP contribution in [-0.2, 0) is 11.4 Å². The molecule has 1 saturated heterocycles. The number of carboxylic acids is 1. The van der Waals surface area contributed by atoms with E-state index in [2.05, 4.69) is 53.4 Å². The lowest BCUT2D eigenvalue weighted by Crippen LogP contribution is -2.44. The molecule has 212 valence electrons. The molecular formula is C28H38BrFN6O3. The van der Waals surface area contributed by atoms with E-state index in [-0.39, 0.29) is 16.8 Å². The first-order chi connectivity index (χ1) is 18.8. The molecule has 1 aliphatic heterocycles. The summed E-state index contributed by atoms with van der Waals surface area (Å²) in [5.74, 6) is -1.83. The van der Waals surface area contributed by atoms with E-state index in [0.717, 1.165) is 55.6 Å². The van der Waals surface area contributed by atoms with E-state index in [0.29, 0.717) is 23.8 Å². The molecule has 9 nitrogen and oxygen atoms in total. The number of nitrogens with one attached hydrogen (secondary N) is 2. The molecule has 0 unspecified atom stereocenters. The number of imidazole rings is 1. The molecule has 1 aliphatic carbocycles. The van der Waals surface area contributed by atoms with Gasteiger partial charge in [-0.25, -0.2) is 14.2 Å². The normalized spacial score (nSPS) is 16.2. The molecule has 0 spiro atoms. The van der Waals surface area contributed by atoms with Crippen molar-refractivity contribution in [2.75, 3.05) is 52.2 Å². The van der Waals surface area contributed by atoms with Crippen molar-refractivity contribution in [2.45, 2.75) is 45.2 Å². The van der Waals surface area contributed by atoms with Crippen LogP contribution < -0.4 is 10.8 Å². The zero-order valence-electron chi connectivity index (χ0n) is 22.8. The summed E-state index contributed by atoms with van der Waals surface area (Å²) in [6, 6.07) is 7.69. The molecule has 0 amide bonds. The number of aryl methyl sites for hydroxylation is 2. The highest BCUT2D eigenvalue weighted by molar-refractivity contribution is 9.10. The largest absolute Gasteiger partial charge is 0.478 e. The number of hydrogen-bond donors (Lipinski definition) is 3. The maximum Gasteiger partial charge on any atom is 0.338 e. The van der Waals surface area contributed by atoms with Crippen molar-refractivity contribution < 1.29 is 19.1 Å². The minimum absolute atomic E-state index is 0.0688. The average molecular weight is 606 g/mol. The predicted octanol–water partition coefficient (Wildman–Crippen LogP) is 5.02. The summed E-state index contributed by atoms with van der Waals surface area (Å²) in [6.45, 7) is 7.95. The van der Waals surface area contributed by atoms with Gasteiger partial charge in [-0.1, -0.05) is 15.9 Å². The third kappa shape index (κ3) is 7.98. The van der Waals surface area contributed by atoms with Crippen molar-refractivity contribution >= 4 is 44.3 Å². The number of anilines is 2. The van der Waals surface area contributed by atoms with Gasteiger partial charge in [0.05, 0.1) is 30.2 Å². The van der Waals surface area contributed by atoms with E-state index in [4.69, 9.17) is 0 Å². The second-order valence-electron chi connectivity index (χ2n) is 10.3. The Morgan fingerprint density at radius 3 is 2.51 bits per heavy atom. The number of piperazine rings is 1. The fourth-order valence-electron chi connectivity index (χ4n) is 4.59. The molecule has 2 aromatic carbocycles. The number of hydroxylamine groups is 1. The topological polar surface area (TPSA) is 94.9 Å². The molecule has 11 heteroatoms. The number of likely N-dealkylation sites (N-methyl/N-ethyl adjacent to an activating group) is 1. The van der Waals surface area contributed by atoms with Crippen molar-refractivity contribution in [1.29, 1.82) is 0 Å². The highest BCUT2D eigenvalue weighted by Gasteiger charge is 2.22. The monoisotopic (exact) mass is 604 g/mol. The number of benzene rings is 2. The predicted molar refractivity (Wildman–Crippen MR) is 155 cm³/mol. The van der Waals surface area contributed by atoms with Gasteiger partial charge in [-0.05, 0) is 76.0 Å². The van der Waals surface area contributed by atoms with Crippen LogP contribution in [0.1, 0.15) is 41.6 Å². The maximum absolute atomic E-state index is 15.4. The Bertz CT molecular complexity index is 1270. The van der Waals surface area contributed by atoms with E-state index < -0.39 is 11.8 Å². The van der Waals surface area contributed by atoms with Crippen LogP contribution in [0.5, 0.6) is 0 Å². The van der Waals surface area contributed by atoms with Crippen LogP contribution in [0, 0.1) is 12.7 Å². The molecule has 1 saturated carbocycles. The number of unbranched alkanes of at least 4 members (excludes halogenated alkanes) is 1. The standard InChI is InChI=1S/C24H29BrFN5O2.C4H9NO/c1-16-13-17(25)5-6-19(16)28-22-18(24(32)33)14-20-23(21(22)26)27-15-31(20)8-4-3-7-30-11-9-29(2)10-12-30;1-6-5-4-2-3-4/h5-6,13-15,28H,3-4,7-12H2,1-2H3,(H,32,33);4-5H,2-3H2,1H3. The summed E-state index contributed by atoms with van der Waals surface area (Å²) < 4.78 is 18.2. The Morgan fingerprint density at radius 2 is 1.90 bits per heavy atom. The van der Waals surface area contributed by atoms with Gasteiger partial charge in [0.2, 0.25) is 0 Å². The molecule has 0 bridgehead atoms. The van der Waals surface area contributed by atoms with Crippen molar-refractivity contribution in [3.8, 4) is 0 Å². The van der Waals surface area contributed by atoms with Crippen molar-refractivity contribution in [1.82, 2.24) is 24.8 Å². The fraction of sp³-hybridized carbons (Fsp3) is 0.500. The third-order valence-corrected chi connectivity index (χ3v) is 7.61. The van der Waals surface area contributed by atoms with E-state index in [1.807, 2.05) is 23.6 Å². The molecule has 2 fully saturated rings. The molecule has 3 N–H and O–H groups in total. The van der Waals surface area contributed by atoms with Gasteiger partial charge in [0.15, 0.2) is 5.82 Å². The van der Waals surface area contributed by atoms with E-state index in [1.165, 1.54) is 18.9 Å². The number of carboxylic acid groups (broad SMARTS) is 1. The minimum atomic E-state index is -1.18. The van der Waals surface area contributed by atoms with Gasteiger partial charge in [-0.3, -0.25) is 0 Å². The molecular weight excluding hydrogens is 567 g/mol. The molecule has 0 atom stereocenters. The average Bonchev–Trinajstić information content (AvgIpc) is 3.63. The molecule has 2 heterocycles. The summed E-state index contributed by atoms with van der Waals surface area (Å²) in [5, 5.41) is 12.8. The van der Waals surface area contributed by atoms with Crippen LogP contribution >= 0.6 is 15.9 Å². The van der Waals surface area contributed by atoms with E-state index in [9.17, 15) is 9.90 Å². The summed E-state index contributed by atoms with van der Waals surface area (Å²) in [5.41, 5.74) is 4.83. The number of carbonyl (C=O) groups is 1. The van der Waals surface area contributed by atoms with Crippen LogP contribution in [0.4, 0.5) is 15.8 Å². The number of aromatic carboxylic acids is 1. The zero-order chi connectivity index (χ0) is 27.9. The van der Waals surface area contributed by atoms with Crippen LogP contribution in [0.2, 0.25) is 0 Å². The summed E-state index contributed by atoms with van der Waals surface area (Å²) in [4.78, 5) is 25.7. The third-order valence-electron chi connectivity index (χ3n) is 7.12. The van der Waals surface area contributed by atoms with E-state index in [1.54, 1.807) is 19.5 Å². The maximum atomic E-state index is 15.4. The molecule has 5 rings (SSSR count). The Morgan fingerprint density at radius 1 is 1.18 bits per heavy atom. The van der Waals surface area contributed by atoms with E-state index >= 15 is 4.39 Å². The van der Waals surface area contributed by atoms with Gasteiger partial charge < -0.3 is 29.6 Å². The van der Waals surface area contributed by atoms with Gasteiger partial charge in [0.1, 0.15) is 5.52 Å². The minimum Gasteiger partial charge on any atom is -0.478 e. The first-order valence-electron chi connectivity index (χ1n) is 13.4. The van der Waals surface area contributed by atoms with Gasteiger partial charge in [-0.2, -0.15) is 5.48 Å². The van der Waals surface area contributed by atoms with Crippen molar-refractivity contribution in [3.05, 3.63) is 52.0 Å². The lowest BCUT2D eigenvalue weighted by molar-refractivity contribution is 0.0697. The molecule has 39 heavy (non-hydrogen) atoms. The fourth-order valence-corrected chi connectivity index (χ4v) is 5.06. The lowest BCUT2D eigenvalue weighted by Gasteiger charge is -2.32. The molecule has 3 aromatic rings. The smallest absolute Gasteiger partial charge is 0.338 e. The quantitative estimate of drug-likeness (QED) is 0.219. The van der Waals surface area contributed by atoms with Gasteiger partial charge in [0.25, 0.3) is 0 Å². The molecule has 2 aliphatic rings. The van der Waals surface area contributed by atoms with Gasteiger partial charge >= 0.3 is 5.97 Å². The number of aromatic nitrogens is 2. The highest BCUT2D eigenvalue weighted by Crippen LogP contribution is 2.32. The Labute approximate surface area is 237 Å². The summed E-state index contributed by atoms with van der Waals surface area (Å²) in [7, 11) is 3.80. The SMILES string of the molecule is CONC1CC1.Cc1cc(Br)ccc1Nc1c(C(=O)O)cc2c(ncn2CCCCN2CCN(C)CC2)c1F. The Kier molecular flexibility index (Phi) is 10.3. The number of fused-ring (bicyclic) bond motifs is 1. The first kappa shape index (κ1) is 29.4. The molecule has 0 radical (unpaired) electrons. The second-order valence-corrected chi connectivity index (χ2v) is 11.2. The Balaban J connectivity index is 0.000000519. The summed E-state index contributed by atoms with van der Waals surface area (Å²) in [6.07, 6.45) is 6.12. The van der Waals surface area contributed by atoms with Gasteiger partial charge in [-0.15, -0.1) is 0 Å². The van der Waals surface area contributed by atoms with Crippen LogP contribution in [-0.4, -0.2) is 83.3 Å². The number of halogens is 2.